The van der Waals surface area contributed by atoms with Crippen LogP contribution in [-0.2, 0) is 11.2 Å². The van der Waals surface area contributed by atoms with Crippen molar-refractivity contribution in [3.8, 4) is 11.1 Å². The number of nitrogens with zero attached hydrogens (tertiary/aromatic N) is 3. The maximum atomic E-state index is 14.7. The molecule has 1 saturated heterocycles. The van der Waals surface area contributed by atoms with Gasteiger partial charge in [-0.2, -0.15) is 0 Å². The second-order valence-corrected chi connectivity index (χ2v) is 9.04. The van der Waals surface area contributed by atoms with Crippen LogP contribution < -0.4 is 15.3 Å². The quantitative estimate of drug-likeness (QED) is 0.402. The van der Waals surface area contributed by atoms with Gasteiger partial charge in [-0.05, 0) is 24.1 Å². The van der Waals surface area contributed by atoms with E-state index >= 15 is 0 Å². The molecular weight excluding hydrogens is 481 g/mol. The van der Waals surface area contributed by atoms with E-state index in [1.807, 2.05) is 34.2 Å². The molecular formula is C28H23F3N4O2. The van der Waals surface area contributed by atoms with Crippen molar-refractivity contribution < 1.29 is 22.7 Å². The van der Waals surface area contributed by atoms with Crippen LogP contribution in [-0.4, -0.2) is 43.7 Å². The molecule has 188 valence electrons. The summed E-state index contributed by atoms with van der Waals surface area (Å²) in [5.41, 5.74) is 6.43. The number of halogens is 3. The van der Waals surface area contributed by atoms with Gasteiger partial charge < -0.3 is 9.64 Å². The molecule has 2 aliphatic rings. The van der Waals surface area contributed by atoms with Crippen LogP contribution in [0.4, 0.5) is 24.5 Å². The topological polar surface area (TPSA) is 57.7 Å². The summed E-state index contributed by atoms with van der Waals surface area (Å²) in [6.07, 6.45) is 2.27. The number of hydrogen-bond donors (Lipinski definition) is 1. The number of para-hydroxylation sites is 2. The number of nitrogens with one attached hydrogen (secondary N) is 1. The molecule has 0 spiro atoms. The number of benzene rings is 3. The van der Waals surface area contributed by atoms with E-state index in [0.29, 0.717) is 61.1 Å². The normalized spacial score (nSPS) is 15.2. The zero-order valence-corrected chi connectivity index (χ0v) is 19.8. The molecule has 6 nitrogen and oxygen atoms in total. The number of rotatable bonds is 4. The molecule has 1 aromatic heterocycles. The highest BCUT2D eigenvalue weighted by Gasteiger charge is 2.27. The van der Waals surface area contributed by atoms with E-state index in [4.69, 9.17) is 4.74 Å². The van der Waals surface area contributed by atoms with Gasteiger partial charge in [-0.25, -0.2) is 13.2 Å². The third-order valence-corrected chi connectivity index (χ3v) is 6.85. The molecule has 2 aliphatic heterocycles. The van der Waals surface area contributed by atoms with Crippen molar-refractivity contribution in [3.63, 3.8) is 0 Å². The third-order valence-electron chi connectivity index (χ3n) is 6.85. The maximum Gasteiger partial charge on any atom is 0.273 e. The minimum absolute atomic E-state index is 0.227. The Kier molecular flexibility index (Phi) is 5.92. The van der Waals surface area contributed by atoms with Gasteiger partial charge in [-0.3, -0.25) is 20.2 Å². The number of carbonyl (C=O) groups is 1. The molecule has 1 N–H and O–H groups in total. The van der Waals surface area contributed by atoms with Gasteiger partial charge in [0.25, 0.3) is 5.91 Å². The number of fused-ring (bicyclic) bond motifs is 2. The van der Waals surface area contributed by atoms with Crippen LogP contribution in [0.5, 0.6) is 0 Å². The summed E-state index contributed by atoms with van der Waals surface area (Å²) in [6.45, 7) is 2.69. The van der Waals surface area contributed by atoms with Crippen molar-refractivity contribution in [2.24, 2.45) is 0 Å². The van der Waals surface area contributed by atoms with E-state index in [1.165, 1.54) is 6.20 Å². The predicted octanol–water partition coefficient (Wildman–Crippen LogP) is 4.86. The van der Waals surface area contributed by atoms with Gasteiger partial charge in [-0.1, -0.05) is 36.4 Å². The number of morpholine rings is 1. The fraction of sp³-hybridized carbons (Fsp3) is 0.214. The minimum atomic E-state index is -1.28. The summed E-state index contributed by atoms with van der Waals surface area (Å²) in [4.78, 5) is 20.1. The lowest BCUT2D eigenvalue weighted by atomic mass is 9.98. The average Bonchev–Trinajstić information content (AvgIpc) is 3.33. The van der Waals surface area contributed by atoms with E-state index in [9.17, 15) is 18.0 Å². The van der Waals surface area contributed by atoms with Crippen molar-refractivity contribution in [1.82, 2.24) is 10.4 Å². The molecule has 6 rings (SSSR count). The number of anilines is 2. The maximum absolute atomic E-state index is 14.7. The summed E-state index contributed by atoms with van der Waals surface area (Å²) in [7, 11) is 0. The molecule has 0 saturated carbocycles. The zero-order chi connectivity index (χ0) is 25.5. The predicted molar refractivity (Wildman–Crippen MR) is 135 cm³/mol. The van der Waals surface area contributed by atoms with E-state index < -0.39 is 17.5 Å². The first kappa shape index (κ1) is 23.3. The van der Waals surface area contributed by atoms with Crippen LogP contribution in [0.15, 0.2) is 60.8 Å². The fourth-order valence-electron chi connectivity index (χ4n) is 5.11. The highest BCUT2D eigenvalue weighted by Crippen LogP contribution is 2.37. The van der Waals surface area contributed by atoms with Gasteiger partial charge in [0.15, 0.2) is 11.6 Å². The van der Waals surface area contributed by atoms with Crippen LogP contribution >= 0.6 is 0 Å². The highest BCUT2D eigenvalue weighted by molar-refractivity contribution is 6.10. The van der Waals surface area contributed by atoms with E-state index in [2.05, 4.69) is 10.4 Å². The largest absolute Gasteiger partial charge is 0.378 e. The molecule has 37 heavy (non-hydrogen) atoms. The molecule has 0 radical (unpaired) electrons. The van der Waals surface area contributed by atoms with Crippen molar-refractivity contribution in [2.75, 3.05) is 42.8 Å². The summed E-state index contributed by atoms with van der Waals surface area (Å²) >= 11 is 0. The molecule has 9 heteroatoms. The van der Waals surface area contributed by atoms with Gasteiger partial charge in [0, 0.05) is 48.4 Å². The SMILES string of the molecule is O=C(NN1CCc2ccccc21)c1cnc2c(-c3cc(F)cc(F)c3F)cccc2c1N1CCOCC1. The van der Waals surface area contributed by atoms with Gasteiger partial charge >= 0.3 is 0 Å². The summed E-state index contributed by atoms with van der Waals surface area (Å²) in [5.74, 6) is -3.65. The Hall–Kier alpha value is -4.11. The molecule has 4 aromatic rings. The summed E-state index contributed by atoms with van der Waals surface area (Å²) in [5, 5.41) is 2.41. The van der Waals surface area contributed by atoms with Crippen molar-refractivity contribution in [3.05, 3.63) is 89.4 Å². The van der Waals surface area contributed by atoms with Gasteiger partial charge in [-0.15, -0.1) is 0 Å². The zero-order valence-electron chi connectivity index (χ0n) is 19.8. The second-order valence-electron chi connectivity index (χ2n) is 9.04. The lowest BCUT2D eigenvalue weighted by molar-refractivity contribution is 0.0948. The third kappa shape index (κ3) is 4.15. The van der Waals surface area contributed by atoms with Crippen molar-refractivity contribution >= 4 is 28.2 Å². The Balaban J connectivity index is 1.47. The molecule has 0 aliphatic carbocycles. The summed E-state index contributed by atoms with van der Waals surface area (Å²) in [6, 6.07) is 14.4. The van der Waals surface area contributed by atoms with Gasteiger partial charge in [0.2, 0.25) is 0 Å². The van der Waals surface area contributed by atoms with Crippen LogP contribution in [0.25, 0.3) is 22.0 Å². The molecule has 0 atom stereocenters. The van der Waals surface area contributed by atoms with E-state index in [1.54, 1.807) is 18.2 Å². The Morgan fingerprint density at radius 2 is 1.76 bits per heavy atom. The van der Waals surface area contributed by atoms with Gasteiger partial charge in [0.1, 0.15) is 5.82 Å². The standard InChI is InChI=1S/C28H23F3N4O2/c29-18-14-21(25(31)23(30)15-18)19-5-3-6-20-26(19)32-16-22(27(20)34-10-12-37-13-11-34)28(36)33-35-9-8-17-4-1-2-7-24(17)35/h1-7,14-16H,8-13H2,(H,33,36). The van der Waals surface area contributed by atoms with Crippen LogP contribution in [0.2, 0.25) is 0 Å². The summed E-state index contributed by atoms with van der Waals surface area (Å²) < 4.78 is 48.3. The Bertz CT molecular complexity index is 1520. The molecule has 1 fully saturated rings. The molecule has 0 unspecified atom stereocenters. The van der Waals surface area contributed by atoms with Crippen molar-refractivity contribution in [1.29, 1.82) is 0 Å². The average molecular weight is 505 g/mol. The first-order valence-electron chi connectivity index (χ1n) is 12.1. The number of amides is 1. The second kappa shape index (κ2) is 9.40. The number of aromatic nitrogens is 1. The number of ether oxygens (including phenoxy) is 1. The van der Waals surface area contributed by atoms with Crippen molar-refractivity contribution in [2.45, 2.75) is 6.42 Å². The van der Waals surface area contributed by atoms with Gasteiger partial charge in [0.05, 0.1) is 35.7 Å². The molecule has 0 bridgehead atoms. The lowest BCUT2D eigenvalue weighted by Gasteiger charge is -2.32. The van der Waals surface area contributed by atoms with E-state index in [-0.39, 0.29) is 17.0 Å². The first-order valence-corrected chi connectivity index (χ1v) is 12.1. The number of hydrogen-bond acceptors (Lipinski definition) is 5. The Labute approximate surface area is 211 Å². The first-order chi connectivity index (χ1) is 18.0. The van der Waals surface area contributed by atoms with E-state index in [0.717, 1.165) is 23.7 Å². The smallest absolute Gasteiger partial charge is 0.273 e. The van der Waals surface area contributed by atoms with Crippen LogP contribution in [0.1, 0.15) is 15.9 Å². The number of hydrazine groups is 1. The monoisotopic (exact) mass is 504 g/mol. The molecule has 3 aromatic carbocycles. The number of pyridine rings is 1. The Morgan fingerprint density at radius 3 is 2.59 bits per heavy atom. The minimum Gasteiger partial charge on any atom is -0.378 e. The highest BCUT2D eigenvalue weighted by atomic mass is 19.2. The molecule has 3 heterocycles. The fourth-order valence-corrected chi connectivity index (χ4v) is 5.11. The van der Waals surface area contributed by atoms with Crippen LogP contribution in [0, 0.1) is 17.5 Å². The Morgan fingerprint density at radius 1 is 0.946 bits per heavy atom. The molecule has 1 amide bonds. The van der Waals surface area contributed by atoms with Crippen LogP contribution in [0.3, 0.4) is 0 Å². The lowest BCUT2D eigenvalue weighted by Crippen LogP contribution is -2.43. The number of carbonyl (C=O) groups excluding carboxylic acids is 1.